The highest BCUT2D eigenvalue weighted by Crippen LogP contribution is 2.48. The van der Waals surface area contributed by atoms with Crippen molar-refractivity contribution in [1.82, 2.24) is 35.0 Å². The van der Waals surface area contributed by atoms with Gasteiger partial charge in [0.25, 0.3) is 18.2 Å². The van der Waals surface area contributed by atoms with Crippen LogP contribution in [0, 0.1) is 11.7 Å². The predicted octanol–water partition coefficient (Wildman–Crippen LogP) is 4.17. The molecule has 4 amide bonds. The van der Waals surface area contributed by atoms with E-state index in [0.29, 0.717) is 43.9 Å². The Labute approximate surface area is 351 Å². The summed E-state index contributed by atoms with van der Waals surface area (Å²) in [4.78, 5) is 62.5. The number of ether oxygens (including phenoxy) is 3. The monoisotopic (exact) mass is 873 g/mol. The van der Waals surface area contributed by atoms with E-state index >= 15 is 0 Å². The van der Waals surface area contributed by atoms with Crippen LogP contribution in [0.4, 0.5) is 13.2 Å². The SMILES string of the molecule is COc1c(F)ccc2c(O[C@@H]3C[C@H]4C(=O)N[C@]5(C(=O)NS(=O)(=O)C6(C)CC6)C[C@H]5/C=C\CCCCC[C@H](NC(=O)c5ccn(CC(F)F)n5)C(=O)N4C3)cc(OC(C)C)nc12. The molecule has 5 atom stereocenters. The second-order valence-electron chi connectivity index (χ2n) is 16.6. The summed E-state index contributed by atoms with van der Waals surface area (Å²) < 4.78 is 87.2. The number of allylic oxidation sites excluding steroid dienone is 1. The molecular weight excluding hydrogens is 824 g/mol. The van der Waals surface area contributed by atoms with Crippen molar-refractivity contribution < 1.29 is 55.0 Å². The number of benzene rings is 1. The van der Waals surface area contributed by atoms with Crippen molar-refractivity contribution in [1.29, 1.82) is 0 Å². The molecule has 2 saturated carbocycles. The molecule has 1 aromatic carbocycles. The van der Waals surface area contributed by atoms with E-state index in [1.165, 1.54) is 42.5 Å². The fraction of sp³-hybridized carbons (Fsp3) is 0.561. The van der Waals surface area contributed by atoms with Crippen molar-refractivity contribution in [2.45, 2.75) is 126 Å². The maximum absolute atomic E-state index is 14.9. The molecule has 1 saturated heterocycles. The Morgan fingerprint density at radius 1 is 1.11 bits per heavy atom. The van der Waals surface area contributed by atoms with Crippen molar-refractivity contribution in [3.63, 3.8) is 0 Å². The van der Waals surface area contributed by atoms with Crippen LogP contribution in [0.1, 0.15) is 89.0 Å². The molecule has 0 spiro atoms. The van der Waals surface area contributed by atoms with Gasteiger partial charge in [-0.15, -0.1) is 0 Å². The van der Waals surface area contributed by atoms with E-state index in [9.17, 15) is 40.8 Å². The van der Waals surface area contributed by atoms with Crippen molar-refractivity contribution in [3.05, 3.63) is 54.1 Å². The number of rotatable bonds is 12. The molecule has 16 nitrogen and oxygen atoms in total. The Hall–Kier alpha value is -5.40. The molecule has 0 bridgehead atoms. The Kier molecular flexibility index (Phi) is 12.3. The van der Waals surface area contributed by atoms with Gasteiger partial charge >= 0.3 is 0 Å². The van der Waals surface area contributed by atoms with Gasteiger partial charge in [0, 0.05) is 30.0 Å². The van der Waals surface area contributed by atoms with Crippen LogP contribution in [0.15, 0.2) is 42.6 Å². The molecule has 2 aliphatic carbocycles. The van der Waals surface area contributed by atoms with Gasteiger partial charge in [0.15, 0.2) is 11.6 Å². The molecule has 3 fully saturated rings. The molecule has 2 aliphatic heterocycles. The molecule has 3 aromatic rings. The third-order valence-corrected chi connectivity index (χ3v) is 13.8. The third kappa shape index (κ3) is 9.28. The summed E-state index contributed by atoms with van der Waals surface area (Å²) in [5.74, 6) is -4.15. The van der Waals surface area contributed by atoms with Crippen molar-refractivity contribution in [2.24, 2.45) is 5.92 Å². The van der Waals surface area contributed by atoms with E-state index in [4.69, 9.17) is 14.2 Å². The van der Waals surface area contributed by atoms with Gasteiger partial charge in [0.05, 0.1) is 24.5 Å². The summed E-state index contributed by atoms with van der Waals surface area (Å²) in [7, 11) is -2.78. The quantitative estimate of drug-likeness (QED) is 0.221. The highest BCUT2D eigenvalue weighted by Gasteiger charge is 2.63. The van der Waals surface area contributed by atoms with Gasteiger partial charge in [0.1, 0.15) is 47.2 Å². The number of sulfonamides is 1. The molecule has 0 unspecified atom stereocenters. The Balaban J connectivity index is 1.23. The van der Waals surface area contributed by atoms with Crippen LogP contribution in [0.25, 0.3) is 10.9 Å². The summed E-state index contributed by atoms with van der Waals surface area (Å²) in [6.45, 7) is 4.18. The minimum Gasteiger partial charge on any atom is -0.491 e. The number of carbonyl (C=O) groups is 4. The maximum atomic E-state index is 14.9. The lowest BCUT2D eigenvalue weighted by Gasteiger charge is -2.30. The molecule has 20 heteroatoms. The number of aromatic nitrogens is 3. The second kappa shape index (κ2) is 17.2. The minimum absolute atomic E-state index is 0.0950. The van der Waals surface area contributed by atoms with E-state index in [1.807, 2.05) is 6.08 Å². The van der Waals surface area contributed by atoms with Crippen molar-refractivity contribution in [3.8, 4) is 17.4 Å². The summed E-state index contributed by atoms with van der Waals surface area (Å²) in [5.41, 5.74) is -1.72. The number of hydrogen-bond donors (Lipinski definition) is 3. The maximum Gasteiger partial charge on any atom is 0.272 e. The fourth-order valence-corrected chi connectivity index (χ4v) is 9.18. The van der Waals surface area contributed by atoms with E-state index in [0.717, 1.165) is 4.68 Å². The number of methoxy groups -OCH3 is 1. The van der Waals surface area contributed by atoms with Crippen LogP contribution >= 0.6 is 0 Å². The van der Waals surface area contributed by atoms with Gasteiger partial charge in [0.2, 0.25) is 27.7 Å². The second-order valence-corrected chi connectivity index (χ2v) is 18.8. The first-order chi connectivity index (χ1) is 28.9. The van der Waals surface area contributed by atoms with Crippen LogP contribution in [-0.4, -0.2) is 106 Å². The largest absolute Gasteiger partial charge is 0.491 e. The third-order valence-electron chi connectivity index (χ3n) is 11.7. The van der Waals surface area contributed by atoms with E-state index in [-0.39, 0.29) is 60.5 Å². The highest BCUT2D eigenvalue weighted by atomic mass is 32.2. The average Bonchev–Trinajstić information content (AvgIpc) is 3.98. The zero-order chi connectivity index (χ0) is 43.9. The fourth-order valence-electron chi connectivity index (χ4n) is 7.87. The molecule has 4 heterocycles. The lowest BCUT2D eigenvalue weighted by molar-refractivity contribution is -0.141. The van der Waals surface area contributed by atoms with Crippen molar-refractivity contribution in [2.75, 3.05) is 13.7 Å². The first-order valence-electron chi connectivity index (χ1n) is 20.4. The summed E-state index contributed by atoms with van der Waals surface area (Å²) in [5, 5.41) is 9.82. The van der Waals surface area contributed by atoms with Gasteiger partial charge in [-0.05, 0) is 77.5 Å². The average molecular weight is 874 g/mol. The van der Waals surface area contributed by atoms with Crippen LogP contribution < -0.4 is 29.6 Å². The molecule has 4 aliphatic rings. The molecule has 61 heavy (non-hydrogen) atoms. The van der Waals surface area contributed by atoms with Crippen LogP contribution in [-0.2, 0) is 31.0 Å². The number of nitrogens with one attached hydrogen (secondary N) is 3. The van der Waals surface area contributed by atoms with Crippen LogP contribution in [0.3, 0.4) is 0 Å². The Morgan fingerprint density at radius 3 is 2.59 bits per heavy atom. The van der Waals surface area contributed by atoms with Crippen LogP contribution in [0.5, 0.6) is 17.4 Å². The topological polar surface area (TPSA) is 200 Å². The Morgan fingerprint density at radius 2 is 1.89 bits per heavy atom. The summed E-state index contributed by atoms with van der Waals surface area (Å²) in [6.07, 6.45) is 4.31. The number of fused-ring (bicyclic) bond motifs is 3. The van der Waals surface area contributed by atoms with Crippen LogP contribution in [0.2, 0.25) is 0 Å². The van der Waals surface area contributed by atoms with Gasteiger partial charge < -0.3 is 29.7 Å². The van der Waals surface area contributed by atoms with Gasteiger partial charge in [-0.2, -0.15) is 5.10 Å². The van der Waals surface area contributed by atoms with Gasteiger partial charge in [-0.1, -0.05) is 25.0 Å². The first-order valence-corrected chi connectivity index (χ1v) is 21.9. The Bertz CT molecular complexity index is 2340. The molecule has 3 N–H and O–H groups in total. The lowest BCUT2D eigenvalue weighted by Crippen LogP contribution is -2.58. The zero-order valence-electron chi connectivity index (χ0n) is 34.3. The number of hydrogen-bond acceptors (Lipinski definition) is 11. The van der Waals surface area contributed by atoms with Crippen molar-refractivity contribution >= 4 is 44.6 Å². The number of pyridine rings is 1. The first kappa shape index (κ1) is 43.7. The molecule has 330 valence electrons. The summed E-state index contributed by atoms with van der Waals surface area (Å²) >= 11 is 0. The van der Waals surface area contributed by atoms with Gasteiger partial charge in [-0.3, -0.25) is 28.6 Å². The molecule has 7 rings (SSSR count). The smallest absolute Gasteiger partial charge is 0.272 e. The highest BCUT2D eigenvalue weighted by molar-refractivity contribution is 7.91. The van der Waals surface area contributed by atoms with E-state index in [1.54, 1.807) is 26.8 Å². The zero-order valence-corrected chi connectivity index (χ0v) is 35.1. The van der Waals surface area contributed by atoms with E-state index in [2.05, 4.69) is 25.4 Å². The number of halogens is 3. The molecule has 2 aromatic heterocycles. The number of alkyl halides is 2. The van der Waals surface area contributed by atoms with E-state index < -0.39 is 86.8 Å². The standard InChI is InChI=1S/C41H50F3N7O9S/c1-23(2)59-33-19-31(26-12-13-27(42)35(58-4)34(26)46-33)60-25-18-30-37(53)47-41(39(55)49-61(56,57)40(3)15-16-40)20-24(41)10-8-6-5-7-9-11-29(38(54)51(30)21-25)45-36(52)28-14-17-50(48-28)22-32(43)44/h8,10,12-14,17,19,23-25,29-30,32H,5-7,9,11,15-16,18,20-22H2,1-4H3,(H,45,52)(H,47,53)(H,49,55)/b10-8-/t24-,25-,29+,30+,41-/m1/s1. The minimum atomic E-state index is -4.07. The summed E-state index contributed by atoms with van der Waals surface area (Å²) in [6, 6.07) is 2.93. The normalized spacial score (nSPS) is 25.8. The predicted molar refractivity (Wildman–Crippen MR) is 214 cm³/mol. The number of nitrogens with zero attached hydrogens (tertiary/aromatic N) is 4. The lowest BCUT2D eigenvalue weighted by atomic mass is 10.0. The molecular formula is C41H50F3N7O9S. The number of amides is 4. The van der Waals surface area contributed by atoms with Gasteiger partial charge in [-0.25, -0.2) is 26.6 Å². The molecule has 0 radical (unpaired) electrons. The number of carbonyl (C=O) groups excluding carboxylic acids is 4.